The molecule has 0 bridgehead atoms. The topological polar surface area (TPSA) is 64.1 Å². The number of anilines is 2. The normalized spacial score (nSPS) is 10.4. The lowest BCUT2D eigenvalue weighted by molar-refractivity contribution is 0.0526. The Bertz CT molecular complexity index is 812. The van der Waals surface area contributed by atoms with E-state index in [4.69, 9.17) is 4.74 Å². The van der Waals surface area contributed by atoms with Crippen LogP contribution in [0.2, 0.25) is 0 Å². The van der Waals surface area contributed by atoms with Crippen molar-refractivity contribution in [2.45, 2.75) is 6.92 Å². The Hall–Kier alpha value is -2.95. The van der Waals surface area contributed by atoms with Crippen LogP contribution < -0.4 is 5.32 Å². The van der Waals surface area contributed by atoms with E-state index in [-0.39, 0.29) is 5.97 Å². The minimum absolute atomic E-state index is 0.337. The first-order valence-corrected chi connectivity index (χ1v) is 7.01. The molecule has 5 nitrogen and oxygen atoms in total. The van der Waals surface area contributed by atoms with Crippen LogP contribution in [0.4, 0.5) is 11.4 Å². The van der Waals surface area contributed by atoms with E-state index >= 15 is 0 Å². The molecular weight excluding hydrogens is 278 g/mol. The van der Waals surface area contributed by atoms with Crippen molar-refractivity contribution in [2.75, 3.05) is 11.9 Å². The molecular formula is C17H15N3O2. The fraction of sp³-hybridized carbons (Fsp3) is 0.118. The Kier molecular flexibility index (Phi) is 3.96. The van der Waals surface area contributed by atoms with Crippen LogP contribution in [0, 0.1) is 0 Å². The minimum atomic E-state index is -0.380. The van der Waals surface area contributed by atoms with Crippen molar-refractivity contribution in [3.63, 3.8) is 0 Å². The molecule has 3 aromatic rings. The van der Waals surface area contributed by atoms with Gasteiger partial charge in [0.2, 0.25) is 0 Å². The maximum Gasteiger partial charge on any atom is 0.339 e. The van der Waals surface area contributed by atoms with Gasteiger partial charge in [0.1, 0.15) is 0 Å². The van der Waals surface area contributed by atoms with Crippen LogP contribution in [0.1, 0.15) is 17.3 Å². The smallest absolute Gasteiger partial charge is 0.339 e. The molecule has 2 heterocycles. The Morgan fingerprint density at radius 3 is 2.95 bits per heavy atom. The van der Waals surface area contributed by atoms with Crippen LogP contribution in [-0.4, -0.2) is 22.5 Å². The molecule has 0 aliphatic carbocycles. The van der Waals surface area contributed by atoms with E-state index in [1.165, 1.54) is 6.20 Å². The highest BCUT2D eigenvalue weighted by atomic mass is 16.5. The number of rotatable bonds is 4. The van der Waals surface area contributed by atoms with Crippen molar-refractivity contribution in [2.24, 2.45) is 0 Å². The Morgan fingerprint density at radius 1 is 1.23 bits per heavy atom. The summed E-state index contributed by atoms with van der Waals surface area (Å²) < 4.78 is 4.98. The van der Waals surface area contributed by atoms with Gasteiger partial charge in [-0.1, -0.05) is 18.2 Å². The quantitative estimate of drug-likeness (QED) is 0.745. The molecule has 0 spiro atoms. The average Bonchev–Trinajstić information content (AvgIpc) is 2.56. The van der Waals surface area contributed by atoms with Gasteiger partial charge in [0.25, 0.3) is 0 Å². The van der Waals surface area contributed by atoms with Crippen molar-refractivity contribution in [3.05, 3.63) is 60.6 Å². The summed E-state index contributed by atoms with van der Waals surface area (Å²) in [5.74, 6) is -0.380. The molecule has 1 N–H and O–H groups in total. The number of hydrogen-bond acceptors (Lipinski definition) is 5. The summed E-state index contributed by atoms with van der Waals surface area (Å²) in [6.07, 6.45) is 4.90. The van der Waals surface area contributed by atoms with E-state index < -0.39 is 0 Å². The Balaban J connectivity index is 1.92. The molecule has 0 saturated heterocycles. The van der Waals surface area contributed by atoms with E-state index in [1.807, 2.05) is 30.3 Å². The number of benzene rings is 1. The predicted molar refractivity (Wildman–Crippen MR) is 85.2 cm³/mol. The van der Waals surface area contributed by atoms with Gasteiger partial charge < -0.3 is 10.1 Å². The van der Waals surface area contributed by atoms with Crippen molar-refractivity contribution in [1.82, 2.24) is 9.97 Å². The van der Waals surface area contributed by atoms with E-state index in [0.29, 0.717) is 17.9 Å². The number of fused-ring (bicyclic) bond motifs is 1. The summed E-state index contributed by atoms with van der Waals surface area (Å²) >= 11 is 0. The standard InChI is InChI=1S/C17H15N3O2/c1-2-22-17(21)13-9-14(11-18-10-13)20-15-7-3-5-12-6-4-8-19-16(12)15/h3-11,20H,2H2,1H3. The Morgan fingerprint density at radius 2 is 2.09 bits per heavy atom. The second-order valence-electron chi connectivity index (χ2n) is 4.69. The van der Waals surface area contributed by atoms with E-state index in [9.17, 15) is 4.79 Å². The summed E-state index contributed by atoms with van der Waals surface area (Å²) in [7, 11) is 0. The number of para-hydroxylation sites is 1. The van der Waals surface area contributed by atoms with Gasteiger partial charge in [0, 0.05) is 17.8 Å². The molecule has 1 aromatic carbocycles. The number of carbonyl (C=O) groups is 1. The molecule has 0 unspecified atom stereocenters. The number of pyridine rings is 2. The van der Waals surface area contributed by atoms with Gasteiger partial charge in [-0.3, -0.25) is 9.97 Å². The van der Waals surface area contributed by atoms with Crippen molar-refractivity contribution >= 4 is 28.2 Å². The monoisotopic (exact) mass is 293 g/mol. The van der Waals surface area contributed by atoms with Crippen LogP contribution in [-0.2, 0) is 4.74 Å². The average molecular weight is 293 g/mol. The van der Waals surface area contributed by atoms with Gasteiger partial charge >= 0.3 is 5.97 Å². The minimum Gasteiger partial charge on any atom is -0.462 e. The lowest BCUT2D eigenvalue weighted by Crippen LogP contribution is -2.05. The SMILES string of the molecule is CCOC(=O)c1cncc(Nc2cccc3cccnc23)c1. The zero-order valence-corrected chi connectivity index (χ0v) is 12.1. The second-order valence-corrected chi connectivity index (χ2v) is 4.69. The molecule has 110 valence electrons. The summed E-state index contributed by atoms with van der Waals surface area (Å²) in [4.78, 5) is 20.2. The van der Waals surface area contributed by atoms with Crippen molar-refractivity contribution in [3.8, 4) is 0 Å². The number of nitrogens with one attached hydrogen (secondary N) is 1. The highest BCUT2D eigenvalue weighted by molar-refractivity contribution is 5.93. The molecule has 0 aliphatic heterocycles. The number of ether oxygens (including phenoxy) is 1. The molecule has 0 radical (unpaired) electrons. The highest BCUT2D eigenvalue weighted by Gasteiger charge is 2.08. The first-order chi connectivity index (χ1) is 10.8. The summed E-state index contributed by atoms with van der Waals surface area (Å²) in [6, 6.07) is 11.5. The van der Waals surface area contributed by atoms with E-state index in [2.05, 4.69) is 15.3 Å². The van der Waals surface area contributed by atoms with Gasteiger partial charge in [-0.15, -0.1) is 0 Å². The van der Waals surface area contributed by atoms with Crippen molar-refractivity contribution < 1.29 is 9.53 Å². The zero-order valence-electron chi connectivity index (χ0n) is 12.1. The van der Waals surface area contributed by atoms with E-state index in [0.717, 1.165) is 16.6 Å². The maximum atomic E-state index is 11.8. The van der Waals surface area contributed by atoms with Crippen molar-refractivity contribution in [1.29, 1.82) is 0 Å². The molecule has 0 saturated carbocycles. The second kappa shape index (κ2) is 6.22. The largest absolute Gasteiger partial charge is 0.462 e. The van der Waals surface area contributed by atoms with Crippen LogP contribution in [0.25, 0.3) is 10.9 Å². The van der Waals surface area contributed by atoms with Gasteiger partial charge in [0.05, 0.1) is 35.3 Å². The number of hydrogen-bond donors (Lipinski definition) is 1. The number of aromatic nitrogens is 2. The molecule has 0 fully saturated rings. The zero-order chi connectivity index (χ0) is 15.4. The van der Waals surface area contributed by atoms with E-state index in [1.54, 1.807) is 25.4 Å². The third kappa shape index (κ3) is 2.88. The number of carbonyl (C=O) groups excluding carboxylic acids is 1. The van der Waals surface area contributed by atoms with Crippen LogP contribution in [0.3, 0.4) is 0 Å². The molecule has 2 aromatic heterocycles. The molecule has 0 aliphatic rings. The molecule has 0 atom stereocenters. The molecule has 0 amide bonds. The van der Waals surface area contributed by atoms with Crippen LogP contribution >= 0.6 is 0 Å². The first kappa shape index (κ1) is 14.0. The third-order valence-corrected chi connectivity index (χ3v) is 3.16. The molecule has 3 rings (SSSR count). The third-order valence-electron chi connectivity index (χ3n) is 3.16. The summed E-state index contributed by atoms with van der Waals surface area (Å²) in [5, 5.41) is 4.30. The van der Waals surface area contributed by atoms with Crippen LogP contribution in [0.15, 0.2) is 55.0 Å². The first-order valence-electron chi connectivity index (χ1n) is 7.01. The lowest BCUT2D eigenvalue weighted by atomic mass is 10.2. The molecule has 22 heavy (non-hydrogen) atoms. The highest BCUT2D eigenvalue weighted by Crippen LogP contribution is 2.24. The number of esters is 1. The number of nitrogens with zero attached hydrogens (tertiary/aromatic N) is 2. The van der Waals surface area contributed by atoms with Gasteiger partial charge in [-0.25, -0.2) is 4.79 Å². The van der Waals surface area contributed by atoms with Gasteiger partial charge in [0.15, 0.2) is 0 Å². The maximum absolute atomic E-state index is 11.8. The fourth-order valence-corrected chi connectivity index (χ4v) is 2.19. The fourth-order valence-electron chi connectivity index (χ4n) is 2.19. The summed E-state index contributed by atoms with van der Waals surface area (Å²) in [5.41, 5.74) is 2.86. The predicted octanol–water partition coefficient (Wildman–Crippen LogP) is 3.55. The lowest BCUT2D eigenvalue weighted by Gasteiger charge is -2.09. The Labute approximate surface area is 128 Å². The van der Waals surface area contributed by atoms with Gasteiger partial charge in [-0.05, 0) is 25.1 Å². The van der Waals surface area contributed by atoms with Gasteiger partial charge in [-0.2, -0.15) is 0 Å². The van der Waals surface area contributed by atoms with Crippen LogP contribution in [0.5, 0.6) is 0 Å². The summed E-state index contributed by atoms with van der Waals surface area (Å²) in [6.45, 7) is 2.11. The molecule has 5 heteroatoms.